The van der Waals surface area contributed by atoms with Crippen LogP contribution < -0.4 is 0 Å². The fourth-order valence-electron chi connectivity index (χ4n) is 1.13. The molecule has 0 atom stereocenters. The maximum atomic E-state index is 3.90. The number of hydrogen-bond donors (Lipinski definition) is 0. The molecule has 0 aliphatic heterocycles. The van der Waals surface area contributed by atoms with E-state index in [-0.39, 0.29) is 0 Å². The lowest BCUT2D eigenvalue weighted by Crippen LogP contribution is -1.84. The lowest BCUT2D eigenvalue weighted by Gasteiger charge is -2.02. The van der Waals surface area contributed by atoms with Crippen molar-refractivity contribution in [1.29, 1.82) is 0 Å². The van der Waals surface area contributed by atoms with Gasteiger partial charge < -0.3 is 0 Å². The summed E-state index contributed by atoms with van der Waals surface area (Å²) < 4.78 is 0. The fraction of sp³-hybridized carbons (Fsp3) is 0.273. The first-order valence-electron chi connectivity index (χ1n) is 3.99. The van der Waals surface area contributed by atoms with Crippen molar-refractivity contribution < 1.29 is 0 Å². The van der Waals surface area contributed by atoms with Gasteiger partial charge in [0, 0.05) is 4.90 Å². The number of benzene rings is 1. The molecule has 0 saturated carbocycles. The summed E-state index contributed by atoms with van der Waals surface area (Å²) in [7, 11) is 0. The van der Waals surface area contributed by atoms with Crippen LogP contribution in [0, 0.1) is 0 Å². The molecule has 0 fully saturated rings. The Morgan fingerprint density at radius 1 is 1.50 bits per heavy atom. The summed E-state index contributed by atoms with van der Waals surface area (Å²) in [4.78, 5) is 1.33. The van der Waals surface area contributed by atoms with E-state index >= 15 is 0 Å². The molecule has 0 N–H and O–H groups in total. The van der Waals surface area contributed by atoms with E-state index in [1.807, 2.05) is 0 Å². The van der Waals surface area contributed by atoms with Crippen molar-refractivity contribution in [3.8, 4) is 0 Å². The summed E-state index contributed by atoms with van der Waals surface area (Å²) in [6.07, 6.45) is 3.09. The van der Waals surface area contributed by atoms with Crippen molar-refractivity contribution in [2.45, 2.75) is 18.2 Å². The Kier molecular flexibility index (Phi) is 3.42. The zero-order valence-corrected chi connectivity index (χ0v) is 8.45. The molecule has 0 amide bonds. The van der Waals surface area contributed by atoms with Crippen LogP contribution in [0.25, 0.3) is 0 Å². The predicted octanol–water partition coefficient (Wildman–Crippen LogP) is 3.53. The third-order valence-electron chi connectivity index (χ3n) is 1.64. The van der Waals surface area contributed by atoms with Gasteiger partial charge in [0.2, 0.25) is 0 Å². The molecule has 0 aliphatic rings. The number of thioether (sulfide) groups is 1. The molecule has 0 radical (unpaired) electrons. The van der Waals surface area contributed by atoms with Crippen LogP contribution >= 0.6 is 11.8 Å². The lowest BCUT2D eigenvalue weighted by molar-refractivity contribution is 1.14. The Bertz CT molecular complexity index is 276. The van der Waals surface area contributed by atoms with E-state index in [1.165, 1.54) is 16.0 Å². The van der Waals surface area contributed by atoms with Gasteiger partial charge in [-0.1, -0.05) is 24.3 Å². The van der Waals surface area contributed by atoms with Crippen LogP contribution in [0.15, 0.2) is 41.3 Å². The van der Waals surface area contributed by atoms with Crippen LogP contribution in [0.3, 0.4) is 0 Å². The summed E-state index contributed by atoms with van der Waals surface area (Å²) >= 11 is 1.78. The molecule has 1 rings (SSSR count). The fourth-order valence-corrected chi connectivity index (χ4v) is 1.61. The van der Waals surface area contributed by atoms with Gasteiger partial charge in [0.25, 0.3) is 0 Å². The first kappa shape index (κ1) is 9.40. The Hall–Kier alpha value is -0.690. The summed E-state index contributed by atoms with van der Waals surface area (Å²) in [5, 5.41) is 0. The van der Waals surface area contributed by atoms with Crippen molar-refractivity contribution in [2.24, 2.45) is 0 Å². The third-order valence-corrected chi connectivity index (χ3v) is 2.37. The maximum Gasteiger partial charge on any atom is 0.00719 e. The molecule has 0 heterocycles. The van der Waals surface area contributed by atoms with Crippen LogP contribution in [0.4, 0.5) is 0 Å². The predicted molar refractivity (Wildman–Crippen MR) is 56.7 cm³/mol. The van der Waals surface area contributed by atoms with Gasteiger partial charge in [-0.25, -0.2) is 0 Å². The van der Waals surface area contributed by atoms with E-state index in [1.54, 1.807) is 11.8 Å². The highest BCUT2D eigenvalue weighted by Gasteiger charge is 1.94. The third kappa shape index (κ3) is 2.74. The molecular formula is C11H14S. The van der Waals surface area contributed by atoms with Crippen molar-refractivity contribution in [3.05, 3.63) is 42.0 Å². The minimum atomic E-state index is 0.994. The van der Waals surface area contributed by atoms with E-state index in [0.717, 1.165) is 6.42 Å². The number of rotatable bonds is 3. The molecule has 1 heteroatoms. The van der Waals surface area contributed by atoms with Gasteiger partial charge in [-0.05, 0) is 37.3 Å². The van der Waals surface area contributed by atoms with Gasteiger partial charge in [0.05, 0.1) is 0 Å². The van der Waals surface area contributed by atoms with Crippen LogP contribution in [0.5, 0.6) is 0 Å². The monoisotopic (exact) mass is 178 g/mol. The second kappa shape index (κ2) is 4.36. The Balaban J connectivity index is 2.79. The normalized spacial score (nSPS) is 9.83. The smallest absolute Gasteiger partial charge is 0.00719 e. The summed E-state index contributed by atoms with van der Waals surface area (Å²) in [6.45, 7) is 5.96. The van der Waals surface area contributed by atoms with Crippen molar-refractivity contribution in [2.75, 3.05) is 6.26 Å². The van der Waals surface area contributed by atoms with Gasteiger partial charge in [-0.2, -0.15) is 0 Å². The standard InChI is InChI=1S/C11H14S/c1-9(2)7-10-5-4-6-11(8-10)12-3/h4-6,8H,1,7H2,2-3H3. The Labute approximate surface area is 78.7 Å². The van der Waals surface area contributed by atoms with Gasteiger partial charge in [-0.15, -0.1) is 11.8 Å². The number of allylic oxidation sites excluding steroid dienone is 1. The first-order chi connectivity index (χ1) is 5.72. The summed E-state index contributed by atoms with van der Waals surface area (Å²) in [5.74, 6) is 0. The second-order valence-corrected chi connectivity index (χ2v) is 3.87. The van der Waals surface area contributed by atoms with Crippen LogP contribution in [0.2, 0.25) is 0 Å². The highest BCUT2D eigenvalue weighted by Crippen LogP contribution is 2.17. The minimum absolute atomic E-state index is 0.994. The maximum absolute atomic E-state index is 3.90. The van der Waals surface area contributed by atoms with Crippen molar-refractivity contribution >= 4 is 11.8 Å². The van der Waals surface area contributed by atoms with E-state index in [0.29, 0.717) is 0 Å². The highest BCUT2D eigenvalue weighted by atomic mass is 32.2. The Morgan fingerprint density at radius 2 is 2.25 bits per heavy atom. The first-order valence-corrected chi connectivity index (χ1v) is 5.22. The molecule has 12 heavy (non-hydrogen) atoms. The molecule has 64 valence electrons. The highest BCUT2D eigenvalue weighted by molar-refractivity contribution is 7.98. The molecular weight excluding hydrogens is 164 g/mol. The van der Waals surface area contributed by atoms with E-state index < -0.39 is 0 Å². The van der Waals surface area contributed by atoms with Gasteiger partial charge in [-0.3, -0.25) is 0 Å². The zero-order valence-electron chi connectivity index (χ0n) is 7.63. The molecule has 0 aromatic heterocycles. The van der Waals surface area contributed by atoms with Gasteiger partial charge >= 0.3 is 0 Å². The largest absolute Gasteiger partial charge is 0.130 e. The van der Waals surface area contributed by atoms with E-state index in [9.17, 15) is 0 Å². The van der Waals surface area contributed by atoms with Crippen molar-refractivity contribution in [3.63, 3.8) is 0 Å². The molecule has 0 nitrogen and oxygen atoms in total. The van der Waals surface area contributed by atoms with E-state index in [4.69, 9.17) is 0 Å². The molecule has 1 aromatic carbocycles. The molecule has 0 spiro atoms. The average Bonchev–Trinajstić information content (AvgIpc) is 2.03. The summed E-state index contributed by atoms with van der Waals surface area (Å²) in [6, 6.07) is 8.60. The topological polar surface area (TPSA) is 0 Å². The van der Waals surface area contributed by atoms with E-state index in [2.05, 4.69) is 44.0 Å². The quantitative estimate of drug-likeness (QED) is 0.504. The minimum Gasteiger partial charge on any atom is -0.130 e. The molecule has 0 aliphatic carbocycles. The van der Waals surface area contributed by atoms with Gasteiger partial charge in [0.1, 0.15) is 0 Å². The van der Waals surface area contributed by atoms with Crippen LogP contribution in [-0.2, 0) is 6.42 Å². The SMILES string of the molecule is C=C(C)Cc1cccc(SC)c1. The van der Waals surface area contributed by atoms with Crippen LogP contribution in [0.1, 0.15) is 12.5 Å². The summed E-state index contributed by atoms with van der Waals surface area (Å²) in [5.41, 5.74) is 2.57. The van der Waals surface area contributed by atoms with Gasteiger partial charge in [0.15, 0.2) is 0 Å². The van der Waals surface area contributed by atoms with Crippen LogP contribution in [-0.4, -0.2) is 6.26 Å². The Morgan fingerprint density at radius 3 is 2.83 bits per heavy atom. The second-order valence-electron chi connectivity index (χ2n) is 2.99. The van der Waals surface area contributed by atoms with Crippen molar-refractivity contribution in [1.82, 2.24) is 0 Å². The average molecular weight is 178 g/mol. The molecule has 0 unspecified atom stereocenters. The molecule has 1 aromatic rings. The zero-order chi connectivity index (χ0) is 8.97. The number of hydrogen-bond acceptors (Lipinski definition) is 1. The lowest BCUT2D eigenvalue weighted by atomic mass is 10.1. The molecule has 0 bridgehead atoms. The molecule has 0 saturated heterocycles.